The summed E-state index contributed by atoms with van der Waals surface area (Å²) in [5.41, 5.74) is 0. The Bertz CT molecular complexity index is 332. The normalized spacial score (nSPS) is 14.6. The van der Waals surface area contributed by atoms with E-state index in [1.165, 1.54) is 0 Å². The van der Waals surface area contributed by atoms with Gasteiger partial charge in [0.15, 0.2) is 0 Å². The van der Waals surface area contributed by atoms with Gasteiger partial charge in [-0.15, -0.1) is 48.0 Å². The molecule has 0 aliphatic rings. The van der Waals surface area contributed by atoms with Crippen LogP contribution < -0.4 is 0 Å². The average Bonchev–Trinajstić information content (AvgIpc) is 2.14. The zero-order valence-electron chi connectivity index (χ0n) is 8.81. The number of hydrogen-bond donors (Lipinski definition) is 0. The quantitative estimate of drug-likeness (QED) is 0.303. The Morgan fingerprint density at radius 1 is 0.476 bits per heavy atom. The molecule has 0 unspecified atom stereocenters. The molecule has 0 radical (unpaired) electrons. The summed E-state index contributed by atoms with van der Waals surface area (Å²) in [6, 6.07) is 0. The lowest BCUT2D eigenvalue weighted by Crippen LogP contribution is -2.67. The van der Waals surface area contributed by atoms with Gasteiger partial charge in [-0.3, -0.25) is 0 Å². The molecular weight excluding hydrogens is 573 g/mol. The zero-order valence-corrected chi connectivity index (χ0v) is 13.5. The number of rotatable bonds is 4. The van der Waals surface area contributed by atoms with Crippen molar-refractivity contribution >= 4 is 48.0 Å². The molecule has 15 heteroatoms. The van der Waals surface area contributed by atoms with Crippen LogP contribution in [0.4, 0.5) is 57.1 Å². The van der Waals surface area contributed by atoms with E-state index in [0.29, 0.717) is 0 Å². The molecule has 0 atom stereocenters. The van der Waals surface area contributed by atoms with Gasteiger partial charge >= 0.3 is 36.3 Å². The first-order valence-electron chi connectivity index (χ1n) is 3.80. The van der Waals surface area contributed by atoms with Crippen molar-refractivity contribution in [1.82, 2.24) is 0 Å². The molecule has 0 spiro atoms. The molecule has 0 rings (SSSR count). The molecule has 0 N–H and O–H groups in total. The maximum absolute atomic E-state index is 12.3. The van der Waals surface area contributed by atoms with Crippen LogP contribution in [0.15, 0.2) is 0 Å². The Kier molecular flexibility index (Phi) is 8.79. The van der Waals surface area contributed by atoms with Gasteiger partial charge in [0.1, 0.15) is 0 Å². The summed E-state index contributed by atoms with van der Waals surface area (Å²) >= 11 is 0. The van der Waals surface area contributed by atoms with E-state index in [9.17, 15) is 57.1 Å². The van der Waals surface area contributed by atoms with E-state index in [2.05, 4.69) is 0 Å². The van der Waals surface area contributed by atoms with Crippen molar-refractivity contribution < 1.29 is 57.1 Å². The first-order chi connectivity index (χ1) is 7.94. The van der Waals surface area contributed by atoms with Crippen LogP contribution in [0.3, 0.4) is 0 Å². The molecule has 132 valence electrons. The van der Waals surface area contributed by atoms with Crippen LogP contribution in [0.2, 0.25) is 0 Å². The molecule has 0 aromatic rings. The standard InChI is InChI=1S/C6HF13.2HI/c7-1(8)2(9,10)3(11,12)4(13,14)5(15,16)6(17,18)19;;/h1H;2*1H. The summed E-state index contributed by atoms with van der Waals surface area (Å²) in [7, 11) is 0. The minimum atomic E-state index is -7.78. The van der Waals surface area contributed by atoms with Gasteiger partial charge in [-0.25, -0.2) is 8.78 Å². The Balaban J connectivity index is -0.00000162. The molecule has 0 aromatic carbocycles. The topological polar surface area (TPSA) is 0 Å². The van der Waals surface area contributed by atoms with Gasteiger partial charge in [-0.2, -0.15) is 48.3 Å². The van der Waals surface area contributed by atoms with Crippen molar-refractivity contribution in [1.29, 1.82) is 0 Å². The van der Waals surface area contributed by atoms with Crippen LogP contribution in [0.25, 0.3) is 0 Å². The lowest BCUT2D eigenvalue weighted by atomic mass is 9.98. The minimum absolute atomic E-state index is 0. The average molecular weight is 576 g/mol. The van der Waals surface area contributed by atoms with Crippen LogP contribution in [-0.4, -0.2) is 36.3 Å². The lowest BCUT2D eigenvalue weighted by molar-refractivity contribution is -0.430. The van der Waals surface area contributed by atoms with Gasteiger partial charge in [0.05, 0.1) is 0 Å². The highest BCUT2D eigenvalue weighted by molar-refractivity contribution is 14.0. The van der Waals surface area contributed by atoms with E-state index in [1.807, 2.05) is 0 Å². The van der Waals surface area contributed by atoms with Gasteiger partial charge in [0, 0.05) is 0 Å². The Morgan fingerprint density at radius 2 is 0.762 bits per heavy atom. The predicted octanol–water partition coefficient (Wildman–Crippen LogP) is 5.59. The van der Waals surface area contributed by atoms with Gasteiger partial charge in [0.2, 0.25) is 0 Å². The molecule has 0 amide bonds. The molecule has 0 fully saturated rings. The molecule has 0 nitrogen and oxygen atoms in total. The summed E-state index contributed by atoms with van der Waals surface area (Å²) in [4.78, 5) is 0. The van der Waals surface area contributed by atoms with Crippen molar-refractivity contribution in [2.24, 2.45) is 0 Å². The highest BCUT2D eigenvalue weighted by Gasteiger charge is 2.88. The maximum atomic E-state index is 12.3. The van der Waals surface area contributed by atoms with E-state index in [-0.39, 0.29) is 48.0 Å². The summed E-state index contributed by atoms with van der Waals surface area (Å²) in [6.45, 7) is 0. The first-order valence-corrected chi connectivity index (χ1v) is 3.80. The monoisotopic (exact) mass is 576 g/mol. The SMILES string of the molecule is FC(F)C(F)(F)C(F)(F)C(F)(F)C(F)(F)C(F)(F)F.I.I. The third-order valence-electron chi connectivity index (χ3n) is 1.84. The van der Waals surface area contributed by atoms with E-state index >= 15 is 0 Å². The molecule has 0 heterocycles. The lowest BCUT2D eigenvalue weighted by Gasteiger charge is -2.36. The Morgan fingerprint density at radius 3 is 0.952 bits per heavy atom. The zero-order chi connectivity index (χ0) is 16.1. The highest BCUT2D eigenvalue weighted by Crippen LogP contribution is 2.58. The molecule has 21 heavy (non-hydrogen) atoms. The molecule has 0 aliphatic carbocycles. The minimum Gasteiger partial charge on any atom is -0.203 e. The van der Waals surface area contributed by atoms with Gasteiger partial charge in [-0.1, -0.05) is 0 Å². The van der Waals surface area contributed by atoms with Crippen LogP contribution in [0.1, 0.15) is 0 Å². The molecule has 0 aliphatic heterocycles. The fourth-order valence-electron chi connectivity index (χ4n) is 0.722. The second kappa shape index (κ2) is 6.98. The van der Waals surface area contributed by atoms with E-state index < -0.39 is 36.3 Å². The van der Waals surface area contributed by atoms with Crippen molar-refractivity contribution in [2.75, 3.05) is 0 Å². The fourth-order valence-corrected chi connectivity index (χ4v) is 0.722. The predicted molar refractivity (Wildman–Crippen MR) is 62.7 cm³/mol. The molecule has 0 aromatic heterocycles. The molecule has 0 saturated carbocycles. The van der Waals surface area contributed by atoms with E-state index in [0.717, 1.165) is 0 Å². The largest absolute Gasteiger partial charge is 0.460 e. The van der Waals surface area contributed by atoms with Crippen LogP contribution in [0, 0.1) is 0 Å². The fraction of sp³-hybridized carbons (Fsp3) is 1.00. The number of halogens is 15. The number of hydrogen-bond acceptors (Lipinski definition) is 0. The summed E-state index contributed by atoms with van der Waals surface area (Å²) in [5.74, 6) is -30.1. The van der Waals surface area contributed by atoms with Crippen LogP contribution in [0.5, 0.6) is 0 Å². The highest BCUT2D eigenvalue weighted by atomic mass is 127. The van der Waals surface area contributed by atoms with Gasteiger partial charge < -0.3 is 0 Å². The van der Waals surface area contributed by atoms with Crippen molar-refractivity contribution in [3.05, 3.63) is 0 Å². The second-order valence-corrected chi connectivity index (χ2v) is 3.14. The van der Waals surface area contributed by atoms with Crippen LogP contribution in [-0.2, 0) is 0 Å². The third-order valence-corrected chi connectivity index (χ3v) is 1.84. The van der Waals surface area contributed by atoms with Crippen LogP contribution >= 0.6 is 48.0 Å². The molecular formula is C6H3F13I2. The summed E-state index contributed by atoms with van der Waals surface area (Å²) < 4.78 is 155. The van der Waals surface area contributed by atoms with Crippen molar-refractivity contribution in [3.63, 3.8) is 0 Å². The smallest absolute Gasteiger partial charge is 0.203 e. The maximum Gasteiger partial charge on any atom is 0.460 e. The number of alkyl halides is 13. The third kappa shape index (κ3) is 3.91. The second-order valence-electron chi connectivity index (χ2n) is 3.14. The summed E-state index contributed by atoms with van der Waals surface area (Å²) in [6.07, 6.45) is -12.9. The van der Waals surface area contributed by atoms with Gasteiger partial charge in [-0.05, 0) is 0 Å². The first kappa shape index (κ1) is 26.4. The molecule has 0 saturated heterocycles. The van der Waals surface area contributed by atoms with E-state index in [1.54, 1.807) is 0 Å². The Hall–Kier alpha value is 0.550. The van der Waals surface area contributed by atoms with Crippen molar-refractivity contribution in [3.8, 4) is 0 Å². The molecule has 0 bridgehead atoms. The Labute approximate surface area is 141 Å². The van der Waals surface area contributed by atoms with Crippen molar-refractivity contribution in [2.45, 2.75) is 36.3 Å². The van der Waals surface area contributed by atoms with Gasteiger partial charge in [0.25, 0.3) is 0 Å². The van der Waals surface area contributed by atoms with E-state index in [4.69, 9.17) is 0 Å². The summed E-state index contributed by atoms with van der Waals surface area (Å²) in [5, 5.41) is 0.